The second-order valence-corrected chi connectivity index (χ2v) is 4.91. The number of hydrogen-bond donors (Lipinski definition) is 1. The zero-order valence-corrected chi connectivity index (χ0v) is 10.7. The maximum absolute atomic E-state index is 11.2. The van der Waals surface area contributed by atoms with Gasteiger partial charge >= 0.3 is 6.09 Å². The van der Waals surface area contributed by atoms with Gasteiger partial charge in [-0.05, 0) is 33.6 Å². The van der Waals surface area contributed by atoms with E-state index in [2.05, 4.69) is 5.32 Å². The fourth-order valence-corrected chi connectivity index (χ4v) is 1.27. The minimum Gasteiger partial charge on any atom is -0.444 e. The monoisotopic (exact) mass is 235 g/mol. The zero-order valence-electron chi connectivity index (χ0n) is 9.94. The number of ether oxygens (including phenoxy) is 1. The highest BCUT2D eigenvalue weighted by atomic mass is 35.5. The van der Waals surface area contributed by atoms with Crippen molar-refractivity contribution in [2.75, 3.05) is 12.4 Å². The van der Waals surface area contributed by atoms with E-state index in [-0.39, 0.29) is 6.09 Å². The Balaban J connectivity index is 3.32. The molecule has 0 aromatic heterocycles. The van der Waals surface area contributed by atoms with Crippen molar-refractivity contribution in [3.63, 3.8) is 0 Å². The molecular formula is C11H22ClNO2. The van der Waals surface area contributed by atoms with Crippen molar-refractivity contribution in [3.05, 3.63) is 0 Å². The maximum Gasteiger partial charge on any atom is 0.407 e. The van der Waals surface area contributed by atoms with Gasteiger partial charge in [0.25, 0.3) is 0 Å². The zero-order chi connectivity index (χ0) is 11.7. The second-order valence-electron chi connectivity index (χ2n) is 4.53. The summed E-state index contributed by atoms with van der Waals surface area (Å²) < 4.78 is 5.09. The molecule has 0 bridgehead atoms. The summed E-state index contributed by atoms with van der Waals surface area (Å²) in [4.78, 5) is 11.2. The second kappa shape index (κ2) is 7.80. The lowest BCUT2D eigenvalue weighted by Gasteiger charge is -2.19. The number of alkyl halides is 1. The van der Waals surface area contributed by atoms with Crippen molar-refractivity contribution in [3.8, 4) is 0 Å². The maximum atomic E-state index is 11.2. The van der Waals surface area contributed by atoms with Gasteiger partial charge in [0.05, 0.1) is 0 Å². The summed E-state index contributed by atoms with van der Waals surface area (Å²) in [5, 5.41) is 2.72. The average Bonchev–Trinajstić information content (AvgIpc) is 2.08. The predicted molar refractivity (Wildman–Crippen MR) is 63.4 cm³/mol. The molecule has 0 aromatic rings. The lowest BCUT2D eigenvalue weighted by atomic mass is 10.2. The average molecular weight is 236 g/mol. The molecule has 15 heavy (non-hydrogen) atoms. The van der Waals surface area contributed by atoms with Gasteiger partial charge in [0.15, 0.2) is 0 Å². The van der Waals surface area contributed by atoms with Crippen molar-refractivity contribution in [1.29, 1.82) is 0 Å². The third-order valence-electron chi connectivity index (χ3n) is 1.73. The highest BCUT2D eigenvalue weighted by Crippen LogP contribution is 2.06. The van der Waals surface area contributed by atoms with Crippen LogP contribution in [0.2, 0.25) is 0 Å². The highest BCUT2D eigenvalue weighted by Gasteiger charge is 2.15. The topological polar surface area (TPSA) is 38.3 Å². The van der Waals surface area contributed by atoms with Gasteiger partial charge in [-0.25, -0.2) is 4.79 Å². The molecule has 0 aliphatic rings. The molecule has 0 radical (unpaired) electrons. The molecular weight excluding hydrogens is 214 g/mol. The molecule has 3 nitrogen and oxygen atoms in total. The van der Waals surface area contributed by atoms with Crippen molar-refractivity contribution < 1.29 is 9.53 Å². The number of unbranched alkanes of at least 4 members (excludes halogenated alkanes) is 3. The van der Waals surface area contributed by atoms with Gasteiger partial charge in [-0.2, -0.15) is 0 Å². The fourth-order valence-electron chi connectivity index (χ4n) is 1.08. The minimum atomic E-state index is -0.414. The first kappa shape index (κ1) is 14.6. The number of hydrogen-bond acceptors (Lipinski definition) is 2. The Morgan fingerprint density at radius 3 is 2.33 bits per heavy atom. The van der Waals surface area contributed by atoms with E-state index in [1.165, 1.54) is 0 Å². The SMILES string of the molecule is CC(C)(C)OC(=O)NCCCCCCCl. The number of carbonyl (C=O) groups is 1. The van der Waals surface area contributed by atoms with Gasteiger partial charge in [0.1, 0.15) is 5.60 Å². The first-order valence-electron chi connectivity index (χ1n) is 5.48. The minimum absolute atomic E-state index is 0.333. The normalized spacial score (nSPS) is 11.2. The van der Waals surface area contributed by atoms with Crippen LogP contribution in [0.1, 0.15) is 46.5 Å². The number of alkyl carbamates (subject to hydrolysis) is 1. The standard InChI is InChI=1S/C11H22ClNO2/c1-11(2,3)15-10(14)13-9-7-5-4-6-8-12/h4-9H2,1-3H3,(H,13,14). The molecule has 0 atom stereocenters. The van der Waals surface area contributed by atoms with E-state index >= 15 is 0 Å². The third-order valence-corrected chi connectivity index (χ3v) is 2.00. The van der Waals surface area contributed by atoms with E-state index in [1.54, 1.807) is 0 Å². The Bertz CT molecular complexity index is 178. The van der Waals surface area contributed by atoms with E-state index in [1.807, 2.05) is 20.8 Å². The summed E-state index contributed by atoms with van der Waals surface area (Å²) in [6.45, 7) is 6.24. The van der Waals surface area contributed by atoms with Crippen LogP contribution in [0.25, 0.3) is 0 Å². The van der Waals surface area contributed by atoms with E-state index in [0.717, 1.165) is 31.6 Å². The molecule has 1 N–H and O–H groups in total. The molecule has 0 aromatic carbocycles. The molecule has 0 aliphatic heterocycles. The number of rotatable bonds is 6. The number of amides is 1. The van der Waals surface area contributed by atoms with Crippen LogP contribution in [0.5, 0.6) is 0 Å². The quantitative estimate of drug-likeness (QED) is 0.567. The van der Waals surface area contributed by atoms with E-state index in [4.69, 9.17) is 16.3 Å². The summed E-state index contributed by atoms with van der Waals surface area (Å²) >= 11 is 5.55. The van der Waals surface area contributed by atoms with Crippen LogP contribution in [-0.2, 0) is 4.74 Å². The number of nitrogens with one attached hydrogen (secondary N) is 1. The number of halogens is 1. The summed E-state index contributed by atoms with van der Waals surface area (Å²) in [7, 11) is 0. The van der Waals surface area contributed by atoms with Crippen LogP contribution in [0.15, 0.2) is 0 Å². The molecule has 1 amide bonds. The lowest BCUT2D eigenvalue weighted by molar-refractivity contribution is 0.0527. The summed E-state index contributed by atoms with van der Waals surface area (Å²) in [6, 6.07) is 0. The van der Waals surface area contributed by atoms with Crippen molar-refractivity contribution in [1.82, 2.24) is 5.32 Å². The van der Waals surface area contributed by atoms with Gasteiger partial charge in [-0.3, -0.25) is 0 Å². The molecule has 4 heteroatoms. The fraction of sp³-hybridized carbons (Fsp3) is 0.909. The van der Waals surface area contributed by atoms with Gasteiger partial charge in [0, 0.05) is 12.4 Å². The molecule has 90 valence electrons. The van der Waals surface area contributed by atoms with Gasteiger partial charge in [0.2, 0.25) is 0 Å². The highest BCUT2D eigenvalue weighted by molar-refractivity contribution is 6.17. The first-order valence-corrected chi connectivity index (χ1v) is 6.02. The van der Waals surface area contributed by atoms with Crippen LogP contribution in [0.3, 0.4) is 0 Å². The third kappa shape index (κ3) is 11.5. The lowest BCUT2D eigenvalue weighted by Crippen LogP contribution is -2.32. The molecule has 0 unspecified atom stereocenters. The van der Waals surface area contributed by atoms with Crippen LogP contribution in [0, 0.1) is 0 Å². The predicted octanol–water partition coefficient (Wildman–Crippen LogP) is 3.31. The van der Waals surface area contributed by atoms with Crippen molar-refractivity contribution in [2.24, 2.45) is 0 Å². The number of carbonyl (C=O) groups excluding carboxylic acids is 1. The van der Waals surface area contributed by atoms with E-state index in [0.29, 0.717) is 6.54 Å². The molecule has 0 rings (SSSR count). The molecule has 0 saturated carbocycles. The summed E-state index contributed by atoms with van der Waals surface area (Å²) in [6.07, 6.45) is 3.92. The largest absolute Gasteiger partial charge is 0.444 e. The first-order chi connectivity index (χ1) is 6.95. The molecule has 0 saturated heterocycles. The molecule has 0 spiro atoms. The van der Waals surface area contributed by atoms with E-state index in [9.17, 15) is 4.79 Å². The summed E-state index contributed by atoms with van der Waals surface area (Å²) in [5.74, 6) is 0.722. The molecule has 0 aliphatic carbocycles. The smallest absolute Gasteiger partial charge is 0.407 e. The van der Waals surface area contributed by atoms with Gasteiger partial charge in [-0.15, -0.1) is 11.6 Å². The molecule has 0 fully saturated rings. The Kier molecular flexibility index (Phi) is 7.57. The van der Waals surface area contributed by atoms with Crippen LogP contribution < -0.4 is 5.32 Å². The van der Waals surface area contributed by atoms with E-state index < -0.39 is 5.60 Å². The molecule has 0 heterocycles. The van der Waals surface area contributed by atoms with Crippen molar-refractivity contribution in [2.45, 2.75) is 52.1 Å². The van der Waals surface area contributed by atoms with Crippen molar-refractivity contribution >= 4 is 17.7 Å². The summed E-state index contributed by atoms with van der Waals surface area (Å²) in [5.41, 5.74) is -0.414. The Morgan fingerprint density at radius 1 is 1.20 bits per heavy atom. The van der Waals surface area contributed by atoms with Gasteiger partial charge in [-0.1, -0.05) is 12.8 Å². The van der Waals surface area contributed by atoms with Gasteiger partial charge < -0.3 is 10.1 Å². The Hall–Kier alpha value is -0.440. The Morgan fingerprint density at radius 2 is 1.80 bits per heavy atom. The van der Waals surface area contributed by atoms with Crippen LogP contribution >= 0.6 is 11.6 Å². The van der Waals surface area contributed by atoms with Crippen LogP contribution in [-0.4, -0.2) is 24.1 Å². The Labute approximate surface area is 97.5 Å². The van der Waals surface area contributed by atoms with Crippen LogP contribution in [0.4, 0.5) is 4.79 Å².